The molecule has 0 saturated heterocycles. The first-order valence-electron chi connectivity index (χ1n) is 9.41. The third kappa shape index (κ3) is 4.12. The Balaban J connectivity index is 1.68. The lowest BCUT2D eigenvalue weighted by molar-refractivity contribution is -0.136. The Morgan fingerprint density at radius 1 is 1.07 bits per heavy atom. The van der Waals surface area contributed by atoms with Gasteiger partial charge in [-0.3, -0.25) is 4.79 Å². The predicted octanol–water partition coefficient (Wildman–Crippen LogP) is 5.85. The first kappa shape index (κ1) is 19.1. The third-order valence-electron chi connectivity index (χ3n) is 4.83. The second kappa shape index (κ2) is 8.01. The Bertz CT molecular complexity index is 1150. The summed E-state index contributed by atoms with van der Waals surface area (Å²) >= 11 is 1.60. The number of hydrogen-bond acceptors (Lipinski definition) is 5. The molecule has 6 heteroatoms. The lowest BCUT2D eigenvalue weighted by Crippen LogP contribution is -2.00. The highest BCUT2D eigenvalue weighted by molar-refractivity contribution is 7.17. The molecule has 0 aliphatic heterocycles. The van der Waals surface area contributed by atoms with E-state index in [0.717, 1.165) is 38.4 Å². The van der Waals surface area contributed by atoms with Gasteiger partial charge >= 0.3 is 5.97 Å². The summed E-state index contributed by atoms with van der Waals surface area (Å²) in [5.41, 5.74) is 5.16. The molecule has 5 nitrogen and oxygen atoms in total. The van der Waals surface area contributed by atoms with Gasteiger partial charge < -0.3 is 10.4 Å². The van der Waals surface area contributed by atoms with Gasteiger partial charge in [0.05, 0.1) is 11.8 Å². The molecule has 0 saturated carbocycles. The summed E-state index contributed by atoms with van der Waals surface area (Å²) in [5.74, 6) is 0.396. The maximum Gasteiger partial charge on any atom is 0.307 e. The van der Waals surface area contributed by atoms with E-state index in [4.69, 9.17) is 5.11 Å². The minimum atomic E-state index is -0.838. The molecule has 0 unspecified atom stereocenters. The Morgan fingerprint density at radius 2 is 1.79 bits per heavy atom. The van der Waals surface area contributed by atoms with Crippen molar-refractivity contribution in [1.82, 2.24) is 9.97 Å². The van der Waals surface area contributed by atoms with Crippen LogP contribution in [0.3, 0.4) is 0 Å². The van der Waals surface area contributed by atoms with Crippen LogP contribution < -0.4 is 5.32 Å². The molecule has 0 atom stereocenters. The number of carbonyl (C=O) groups is 1. The lowest BCUT2D eigenvalue weighted by atomic mass is 9.99. The van der Waals surface area contributed by atoms with Crippen molar-refractivity contribution in [2.75, 3.05) is 5.32 Å². The van der Waals surface area contributed by atoms with Crippen molar-refractivity contribution in [2.24, 2.45) is 0 Å². The Hall–Kier alpha value is -3.25. The zero-order valence-electron chi connectivity index (χ0n) is 16.2. The molecule has 146 valence electrons. The number of aromatic nitrogens is 2. The van der Waals surface area contributed by atoms with Crippen LogP contribution in [0.2, 0.25) is 0 Å². The molecule has 4 aromatic rings. The van der Waals surface area contributed by atoms with E-state index in [1.165, 1.54) is 5.56 Å². The van der Waals surface area contributed by atoms with E-state index in [9.17, 15) is 4.79 Å². The molecule has 0 aliphatic carbocycles. The highest BCUT2D eigenvalue weighted by Crippen LogP contribution is 2.37. The number of anilines is 2. The van der Waals surface area contributed by atoms with Crippen molar-refractivity contribution in [2.45, 2.75) is 26.2 Å². The number of nitrogens with zero attached hydrogens (tertiary/aromatic N) is 2. The summed E-state index contributed by atoms with van der Waals surface area (Å²) in [7, 11) is 0. The third-order valence-corrected chi connectivity index (χ3v) is 5.72. The van der Waals surface area contributed by atoms with Gasteiger partial charge in [0.1, 0.15) is 17.0 Å². The molecule has 2 N–H and O–H groups in total. The number of thiophene rings is 1. The summed E-state index contributed by atoms with van der Waals surface area (Å²) in [6.07, 6.45) is 1.57. The SMILES string of the molecule is CC(C)c1ccc(-c2csc3ncnc(Nc4ccc(CC(=O)O)cc4)c23)cc1. The van der Waals surface area contributed by atoms with Crippen LogP contribution in [-0.4, -0.2) is 21.0 Å². The van der Waals surface area contributed by atoms with Gasteiger partial charge in [-0.05, 0) is 34.7 Å². The van der Waals surface area contributed by atoms with Gasteiger partial charge in [0.2, 0.25) is 0 Å². The standard InChI is InChI=1S/C23H21N3O2S/c1-14(2)16-5-7-17(8-6-16)19-12-29-23-21(19)22(24-13-25-23)26-18-9-3-15(4-10-18)11-20(27)28/h3-10,12-14H,11H2,1-2H3,(H,27,28)(H,24,25,26). The summed E-state index contributed by atoms with van der Waals surface area (Å²) in [4.78, 5) is 20.7. The number of carboxylic acid groups (broad SMARTS) is 1. The molecule has 2 aromatic carbocycles. The normalized spacial score (nSPS) is 11.1. The first-order valence-corrected chi connectivity index (χ1v) is 10.3. The van der Waals surface area contributed by atoms with Crippen molar-refractivity contribution in [3.05, 3.63) is 71.4 Å². The van der Waals surface area contributed by atoms with Crippen LogP contribution >= 0.6 is 11.3 Å². The number of aliphatic carboxylic acids is 1. The average Bonchev–Trinajstić information content (AvgIpc) is 3.14. The molecule has 0 bridgehead atoms. The molecule has 0 radical (unpaired) electrons. The zero-order chi connectivity index (χ0) is 20.4. The molecule has 4 rings (SSSR count). The minimum Gasteiger partial charge on any atom is -0.481 e. The predicted molar refractivity (Wildman–Crippen MR) is 118 cm³/mol. The zero-order valence-corrected chi connectivity index (χ0v) is 17.0. The van der Waals surface area contributed by atoms with E-state index in [1.807, 2.05) is 24.3 Å². The summed E-state index contributed by atoms with van der Waals surface area (Å²) < 4.78 is 0. The number of hydrogen-bond donors (Lipinski definition) is 2. The van der Waals surface area contributed by atoms with Gasteiger partial charge in [-0.15, -0.1) is 11.3 Å². The Labute approximate surface area is 173 Å². The van der Waals surface area contributed by atoms with Crippen molar-refractivity contribution in [3.63, 3.8) is 0 Å². The van der Waals surface area contributed by atoms with Crippen LogP contribution in [0.15, 0.2) is 60.2 Å². The second-order valence-electron chi connectivity index (χ2n) is 7.22. The van der Waals surface area contributed by atoms with Gasteiger partial charge in [0.25, 0.3) is 0 Å². The quantitative estimate of drug-likeness (QED) is 0.422. The fourth-order valence-corrected chi connectivity index (χ4v) is 4.16. The largest absolute Gasteiger partial charge is 0.481 e. The van der Waals surface area contributed by atoms with Crippen LogP contribution in [-0.2, 0) is 11.2 Å². The number of rotatable bonds is 6. The molecular weight excluding hydrogens is 382 g/mol. The molecular formula is C23H21N3O2S. The van der Waals surface area contributed by atoms with E-state index in [-0.39, 0.29) is 6.42 Å². The van der Waals surface area contributed by atoms with E-state index in [0.29, 0.717) is 5.92 Å². The molecule has 0 amide bonds. The first-order chi connectivity index (χ1) is 14.0. The fourth-order valence-electron chi connectivity index (χ4n) is 3.25. The molecule has 2 aromatic heterocycles. The van der Waals surface area contributed by atoms with Crippen LogP contribution in [0.25, 0.3) is 21.3 Å². The van der Waals surface area contributed by atoms with Gasteiger partial charge in [-0.2, -0.15) is 0 Å². The number of carboxylic acids is 1. The second-order valence-corrected chi connectivity index (χ2v) is 8.08. The summed E-state index contributed by atoms with van der Waals surface area (Å²) in [5, 5.41) is 15.4. The van der Waals surface area contributed by atoms with E-state index < -0.39 is 5.97 Å². The molecule has 0 fully saturated rings. The van der Waals surface area contributed by atoms with E-state index in [2.05, 4.69) is 58.8 Å². The Morgan fingerprint density at radius 3 is 2.45 bits per heavy atom. The van der Waals surface area contributed by atoms with E-state index in [1.54, 1.807) is 17.7 Å². The van der Waals surface area contributed by atoms with Crippen molar-refractivity contribution in [3.8, 4) is 11.1 Å². The van der Waals surface area contributed by atoms with E-state index >= 15 is 0 Å². The van der Waals surface area contributed by atoms with Crippen LogP contribution in [0, 0.1) is 0 Å². The monoisotopic (exact) mass is 403 g/mol. The molecule has 2 heterocycles. The summed E-state index contributed by atoms with van der Waals surface area (Å²) in [6, 6.07) is 16.0. The van der Waals surface area contributed by atoms with Gasteiger partial charge in [0.15, 0.2) is 0 Å². The number of fused-ring (bicyclic) bond motifs is 1. The molecule has 29 heavy (non-hydrogen) atoms. The van der Waals surface area contributed by atoms with Gasteiger partial charge in [-0.25, -0.2) is 9.97 Å². The maximum absolute atomic E-state index is 10.9. The number of nitrogens with one attached hydrogen (secondary N) is 1. The smallest absolute Gasteiger partial charge is 0.307 e. The Kier molecular flexibility index (Phi) is 5.27. The maximum atomic E-state index is 10.9. The van der Waals surface area contributed by atoms with Crippen LogP contribution in [0.5, 0.6) is 0 Å². The highest BCUT2D eigenvalue weighted by Gasteiger charge is 2.14. The highest BCUT2D eigenvalue weighted by atomic mass is 32.1. The number of benzene rings is 2. The topological polar surface area (TPSA) is 75.1 Å². The van der Waals surface area contributed by atoms with Gasteiger partial charge in [0, 0.05) is 16.6 Å². The van der Waals surface area contributed by atoms with Crippen molar-refractivity contribution >= 4 is 39.0 Å². The minimum absolute atomic E-state index is 0.0130. The van der Waals surface area contributed by atoms with Crippen molar-refractivity contribution in [1.29, 1.82) is 0 Å². The average molecular weight is 404 g/mol. The van der Waals surface area contributed by atoms with Crippen LogP contribution in [0.1, 0.15) is 30.9 Å². The molecule has 0 aliphatic rings. The lowest BCUT2D eigenvalue weighted by Gasteiger charge is -2.10. The molecule has 0 spiro atoms. The summed E-state index contributed by atoms with van der Waals surface area (Å²) in [6.45, 7) is 4.37. The van der Waals surface area contributed by atoms with Gasteiger partial charge in [-0.1, -0.05) is 50.2 Å². The van der Waals surface area contributed by atoms with Crippen molar-refractivity contribution < 1.29 is 9.90 Å². The fraction of sp³-hybridized carbons (Fsp3) is 0.174. The van der Waals surface area contributed by atoms with Crippen LogP contribution in [0.4, 0.5) is 11.5 Å².